The maximum atomic E-state index is 13.4. The van der Waals surface area contributed by atoms with Crippen molar-refractivity contribution in [3.63, 3.8) is 0 Å². The topological polar surface area (TPSA) is 64.4 Å². The van der Waals surface area contributed by atoms with Gasteiger partial charge in [-0.1, -0.05) is 18.2 Å². The summed E-state index contributed by atoms with van der Waals surface area (Å²) in [5, 5.41) is 5.62. The molecule has 0 bridgehead atoms. The third-order valence-electron chi connectivity index (χ3n) is 5.46. The highest BCUT2D eigenvalue weighted by molar-refractivity contribution is 6.05. The summed E-state index contributed by atoms with van der Waals surface area (Å²) in [6.07, 6.45) is 3.11. The quantitative estimate of drug-likeness (QED) is 0.679. The van der Waals surface area contributed by atoms with Crippen LogP contribution in [0.3, 0.4) is 0 Å². The molecular weight excluding hydrogens is 366 g/mol. The molecular formula is C23H25N3O3. The molecule has 1 fully saturated rings. The number of amides is 1. The third-order valence-corrected chi connectivity index (χ3v) is 5.46. The summed E-state index contributed by atoms with van der Waals surface area (Å²) >= 11 is 0. The molecule has 150 valence electrons. The van der Waals surface area contributed by atoms with Crippen molar-refractivity contribution >= 4 is 16.7 Å². The highest BCUT2D eigenvalue weighted by atomic mass is 16.5. The van der Waals surface area contributed by atoms with Crippen molar-refractivity contribution in [2.24, 2.45) is 0 Å². The van der Waals surface area contributed by atoms with Crippen molar-refractivity contribution in [1.29, 1.82) is 0 Å². The van der Waals surface area contributed by atoms with Gasteiger partial charge in [0.15, 0.2) is 5.69 Å². The lowest BCUT2D eigenvalue weighted by atomic mass is 10.0. The molecule has 1 saturated heterocycles. The van der Waals surface area contributed by atoms with E-state index in [1.807, 2.05) is 24.0 Å². The molecule has 6 nitrogen and oxygen atoms in total. The van der Waals surface area contributed by atoms with Crippen LogP contribution in [0.2, 0.25) is 0 Å². The van der Waals surface area contributed by atoms with Crippen LogP contribution in [0.15, 0.2) is 53.3 Å². The zero-order valence-electron chi connectivity index (χ0n) is 16.8. The number of hydrogen-bond acceptors (Lipinski definition) is 4. The van der Waals surface area contributed by atoms with Crippen molar-refractivity contribution in [1.82, 2.24) is 14.7 Å². The van der Waals surface area contributed by atoms with E-state index in [9.17, 15) is 9.59 Å². The summed E-state index contributed by atoms with van der Waals surface area (Å²) < 4.78 is 6.80. The summed E-state index contributed by atoms with van der Waals surface area (Å²) in [4.78, 5) is 28.4. The Balaban J connectivity index is 1.85. The Labute approximate surface area is 169 Å². The lowest BCUT2D eigenvalue weighted by Crippen LogP contribution is -2.43. The van der Waals surface area contributed by atoms with Gasteiger partial charge in [-0.15, -0.1) is 0 Å². The molecule has 0 aliphatic carbocycles. The summed E-state index contributed by atoms with van der Waals surface area (Å²) in [5.74, 6) is 0.608. The fourth-order valence-corrected chi connectivity index (χ4v) is 3.91. The molecule has 4 rings (SSSR count). The van der Waals surface area contributed by atoms with Crippen molar-refractivity contribution in [2.75, 3.05) is 13.2 Å². The monoisotopic (exact) mass is 391 g/mol. The van der Waals surface area contributed by atoms with Gasteiger partial charge in [-0.05, 0) is 63.4 Å². The Morgan fingerprint density at radius 3 is 2.52 bits per heavy atom. The first kappa shape index (κ1) is 19.2. The van der Waals surface area contributed by atoms with Gasteiger partial charge in [0.05, 0.1) is 17.7 Å². The van der Waals surface area contributed by atoms with Gasteiger partial charge < -0.3 is 9.64 Å². The van der Waals surface area contributed by atoms with Crippen molar-refractivity contribution < 1.29 is 9.53 Å². The van der Waals surface area contributed by atoms with Gasteiger partial charge in [0.1, 0.15) is 5.75 Å². The molecule has 1 amide bonds. The zero-order chi connectivity index (χ0) is 20.4. The molecule has 0 radical (unpaired) electrons. The van der Waals surface area contributed by atoms with Gasteiger partial charge in [-0.3, -0.25) is 9.59 Å². The number of fused-ring (bicyclic) bond motifs is 1. The predicted molar refractivity (Wildman–Crippen MR) is 113 cm³/mol. The van der Waals surface area contributed by atoms with Gasteiger partial charge in [0.25, 0.3) is 11.5 Å². The van der Waals surface area contributed by atoms with E-state index in [2.05, 4.69) is 12.0 Å². The van der Waals surface area contributed by atoms with Gasteiger partial charge >= 0.3 is 0 Å². The molecule has 2 heterocycles. The number of benzene rings is 2. The maximum absolute atomic E-state index is 13.4. The smallest absolute Gasteiger partial charge is 0.279 e. The average molecular weight is 391 g/mol. The van der Waals surface area contributed by atoms with Gasteiger partial charge in [0, 0.05) is 18.0 Å². The van der Waals surface area contributed by atoms with Crippen molar-refractivity contribution in [3.8, 4) is 11.4 Å². The molecule has 6 heteroatoms. The average Bonchev–Trinajstić information content (AvgIpc) is 2.75. The van der Waals surface area contributed by atoms with Crippen LogP contribution in [0, 0.1) is 0 Å². The number of ether oxygens (including phenoxy) is 1. The fourth-order valence-electron chi connectivity index (χ4n) is 3.91. The lowest BCUT2D eigenvalue weighted by molar-refractivity contribution is 0.0630. The van der Waals surface area contributed by atoms with Crippen LogP contribution in [0.1, 0.15) is 43.6 Å². The standard InChI is InChI=1S/C23H25N3O3/c1-3-29-18-13-11-17(12-14-18)26-22(27)20-10-5-4-9-19(20)21(24-26)23(28)25-15-7-6-8-16(25)2/h4-5,9-14,16H,3,6-8,15H2,1-2H3. The van der Waals surface area contributed by atoms with E-state index in [1.165, 1.54) is 4.68 Å². The first-order valence-corrected chi connectivity index (χ1v) is 10.2. The molecule has 1 aromatic heterocycles. The van der Waals surface area contributed by atoms with E-state index in [-0.39, 0.29) is 17.5 Å². The molecule has 1 aliphatic rings. The Bertz CT molecular complexity index is 1090. The molecule has 1 atom stereocenters. The Hall–Kier alpha value is -3.15. The van der Waals surface area contributed by atoms with Crippen molar-refractivity contribution in [3.05, 3.63) is 64.6 Å². The highest BCUT2D eigenvalue weighted by Crippen LogP contribution is 2.23. The number of rotatable bonds is 4. The Morgan fingerprint density at radius 1 is 1.10 bits per heavy atom. The van der Waals surface area contributed by atoms with Crippen LogP contribution in [-0.2, 0) is 0 Å². The van der Waals surface area contributed by atoms with Gasteiger partial charge in [0.2, 0.25) is 0 Å². The summed E-state index contributed by atoms with van der Waals surface area (Å²) in [6.45, 7) is 5.28. The number of piperidine rings is 1. The first-order chi connectivity index (χ1) is 14.1. The summed E-state index contributed by atoms with van der Waals surface area (Å²) in [7, 11) is 0. The van der Waals surface area contributed by atoms with E-state index in [4.69, 9.17) is 4.74 Å². The van der Waals surface area contributed by atoms with E-state index in [0.29, 0.717) is 28.8 Å². The minimum atomic E-state index is -0.243. The van der Waals surface area contributed by atoms with Crippen LogP contribution in [0.25, 0.3) is 16.5 Å². The van der Waals surface area contributed by atoms with Crippen LogP contribution in [0.4, 0.5) is 0 Å². The van der Waals surface area contributed by atoms with Gasteiger partial charge in [-0.2, -0.15) is 9.78 Å². The minimum absolute atomic E-state index is 0.118. The number of carbonyl (C=O) groups is 1. The molecule has 3 aromatic rings. The van der Waals surface area contributed by atoms with Crippen molar-refractivity contribution in [2.45, 2.75) is 39.2 Å². The largest absolute Gasteiger partial charge is 0.494 e. The molecule has 0 N–H and O–H groups in total. The van der Waals surface area contributed by atoms with E-state index in [1.54, 1.807) is 36.4 Å². The minimum Gasteiger partial charge on any atom is -0.494 e. The predicted octanol–water partition coefficient (Wildman–Crippen LogP) is 3.80. The molecule has 1 unspecified atom stereocenters. The van der Waals surface area contributed by atoms with E-state index < -0.39 is 0 Å². The SMILES string of the molecule is CCOc1ccc(-n2nc(C(=O)N3CCCCC3C)c3ccccc3c2=O)cc1. The summed E-state index contributed by atoms with van der Waals surface area (Å²) in [6, 6.07) is 14.5. The number of nitrogens with zero attached hydrogens (tertiary/aromatic N) is 3. The lowest BCUT2D eigenvalue weighted by Gasteiger charge is -2.33. The maximum Gasteiger partial charge on any atom is 0.279 e. The van der Waals surface area contributed by atoms with E-state index >= 15 is 0 Å². The zero-order valence-corrected chi connectivity index (χ0v) is 16.8. The summed E-state index contributed by atoms with van der Waals surface area (Å²) in [5.41, 5.74) is 0.681. The second kappa shape index (κ2) is 8.07. The van der Waals surface area contributed by atoms with Crippen LogP contribution in [0.5, 0.6) is 5.75 Å². The molecule has 0 saturated carbocycles. The second-order valence-corrected chi connectivity index (χ2v) is 7.38. The number of hydrogen-bond donors (Lipinski definition) is 0. The first-order valence-electron chi connectivity index (χ1n) is 10.2. The molecule has 29 heavy (non-hydrogen) atoms. The Morgan fingerprint density at radius 2 is 1.83 bits per heavy atom. The number of carbonyl (C=O) groups excluding carboxylic acids is 1. The van der Waals surface area contributed by atoms with Crippen LogP contribution < -0.4 is 10.3 Å². The van der Waals surface area contributed by atoms with Crippen LogP contribution in [-0.4, -0.2) is 39.8 Å². The van der Waals surface area contributed by atoms with E-state index in [0.717, 1.165) is 31.6 Å². The third kappa shape index (κ3) is 3.62. The fraction of sp³-hybridized carbons (Fsp3) is 0.348. The highest BCUT2D eigenvalue weighted by Gasteiger charge is 2.27. The number of aromatic nitrogens is 2. The Kier molecular flexibility index (Phi) is 5.34. The number of likely N-dealkylation sites (tertiary alicyclic amines) is 1. The van der Waals surface area contributed by atoms with Crippen LogP contribution >= 0.6 is 0 Å². The van der Waals surface area contributed by atoms with Gasteiger partial charge in [-0.25, -0.2) is 0 Å². The molecule has 1 aliphatic heterocycles. The molecule has 0 spiro atoms. The normalized spacial score (nSPS) is 16.8. The second-order valence-electron chi connectivity index (χ2n) is 7.38. The molecule has 2 aromatic carbocycles.